The summed E-state index contributed by atoms with van der Waals surface area (Å²) in [6, 6.07) is 9.01. The molecular formula is C15H19ClN2O3. The Balaban J connectivity index is 0.00000220. The van der Waals surface area contributed by atoms with Gasteiger partial charge >= 0.3 is 0 Å². The number of aliphatic hydroxyl groups is 1. The van der Waals surface area contributed by atoms with E-state index in [0.29, 0.717) is 12.2 Å². The number of nitrogens with zero attached hydrogens (tertiary/aromatic N) is 2. The van der Waals surface area contributed by atoms with E-state index in [4.69, 9.17) is 5.11 Å². The third kappa shape index (κ3) is 3.56. The molecule has 21 heavy (non-hydrogen) atoms. The van der Waals surface area contributed by atoms with Gasteiger partial charge in [-0.1, -0.05) is 0 Å². The van der Waals surface area contributed by atoms with Gasteiger partial charge in [0.05, 0.1) is 12.3 Å². The van der Waals surface area contributed by atoms with Gasteiger partial charge < -0.3 is 19.7 Å². The number of rotatable bonds is 4. The minimum atomic E-state index is -0.377. The zero-order valence-electron chi connectivity index (χ0n) is 12.0. The van der Waals surface area contributed by atoms with Gasteiger partial charge in [-0.3, -0.25) is 4.79 Å². The molecule has 0 unspecified atom stereocenters. The lowest BCUT2D eigenvalue weighted by Gasteiger charge is -2.19. The second kappa shape index (κ2) is 7.15. The topological polar surface area (TPSA) is 65.7 Å². The van der Waals surface area contributed by atoms with Gasteiger partial charge in [-0.15, -0.1) is 12.4 Å². The number of aromatic hydroxyl groups is 1. The normalized spacial score (nSPS) is 10.0. The van der Waals surface area contributed by atoms with Crippen molar-refractivity contribution in [2.45, 2.75) is 6.92 Å². The molecule has 1 aromatic heterocycles. The second-order valence-corrected chi connectivity index (χ2v) is 4.65. The molecule has 0 amide bonds. The minimum absolute atomic E-state index is 0. The number of benzene rings is 1. The van der Waals surface area contributed by atoms with E-state index < -0.39 is 0 Å². The maximum absolute atomic E-state index is 11.3. The molecule has 6 heteroatoms. The highest BCUT2D eigenvalue weighted by molar-refractivity contribution is 5.85. The van der Waals surface area contributed by atoms with Crippen LogP contribution in [0.15, 0.2) is 41.3 Å². The van der Waals surface area contributed by atoms with Crippen LogP contribution in [0.1, 0.15) is 5.69 Å². The van der Waals surface area contributed by atoms with Crippen molar-refractivity contribution in [1.29, 1.82) is 0 Å². The Morgan fingerprint density at radius 3 is 2.38 bits per heavy atom. The van der Waals surface area contributed by atoms with Crippen molar-refractivity contribution in [3.63, 3.8) is 0 Å². The Morgan fingerprint density at radius 2 is 1.81 bits per heavy atom. The molecule has 2 rings (SSSR count). The van der Waals surface area contributed by atoms with Crippen molar-refractivity contribution >= 4 is 18.1 Å². The Morgan fingerprint density at radius 1 is 1.19 bits per heavy atom. The molecule has 5 nitrogen and oxygen atoms in total. The van der Waals surface area contributed by atoms with Gasteiger partial charge in [-0.25, -0.2) is 0 Å². The molecular weight excluding hydrogens is 292 g/mol. The van der Waals surface area contributed by atoms with Crippen molar-refractivity contribution in [2.75, 3.05) is 25.1 Å². The van der Waals surface area contributed by atoms with Crippen LogP contribution in [0.4, 0.5) is 5.69 Å². The number of pyridine rings is 1. The zero-order chi connectivity index (χ0) is 14.7. The van der Waals surface area contributed by atoms with Crippen molar-refractivity contribution in [1.82, 2.24) is 4.57 Å². The van der Waals surface area contributed by atoms with Gasteiger partial charge in [0.15, 0.2) is 5.75 Å². The summed E-state index contributed by atoms with van der Waals surface area (Å²) in [5.41, 5.74) is 1.98. The smallest absolute Gasteiger partial charge is 0.223 e. The quantitative estimate of drug-likeness (QED) is 0.902. The first-order valence-electron chi connectivity index (χ1n) is 6.38. The van der Waals surface area contributed by atoms with Gasteiger partial charge in [0.25, 0.3) is 0 Å². The lowest BCUT2D eigenvalue weighted by Crippen LogP contribution is -2.21. The monoisotopic (exact) mass is 310 g/mol. The van der Waals surface area contributed by atoms with Crippen LogP contribution in [0.2, 0.25) is 0 Å². The van der Waals surface area contributed by atoms with E-state index in [2.05, 4.69) is 0 Å². The largest absolute Gasteiger partial charge is 0.503 e. The van der Waals surface area contributed by atoms with Gasteiger partial charge in [0.1, 0.15) is 0 Å². The molecule has 0 atom stereocenters. The molecule has 1 aromatic carbocycles. The van der Waals surface area contributed by atoms with Gasteiger partial charge in [0.2, 0.25) is 5.43 Å². The Kier molecular flexibility index (Phi) is 5.81. The molecule has 0 saturated heterocycles. The van der Waals surface area contributed by atoms with E-state index in [1.807, 2.05) is 36.2 Å². The maximum Gasteiger partial charge on any atom is 0.223 e. The first-order chi connectivity index (χ1) is 9.54. The third-order valence-corrected chi connectivity index (χ3v) is 3.32. The van der Waals surface area contributed by atoms with Gasteiger partial charge in [-0.05, 0) is 31.2 Å². The van der Waals surface area contributed by atoms with Crippen LogP contribution in [0.25, 0.3) is 5.69 Å². The highest BCUT2D eigenvalue weighted by atomic mass is 35.5. The zero-order valence-corrected chi connectivity index (χ0v) is 12.8. The summed E-state index contributed by atoms with van der Waals surface area (Å²) >= 11 is 0. The predicted octanol–water partition coefficient (Wildman–Crippen LogP) is 1.70. The van der Waals surface area contributed by atoms with E-state index in [-0.39, 0.29) is 30.2 Å². The summed E-state index contributed by atoms with van der Waals surface area (Å²) in [5, 5.41) is 18.6. The van der Waals surface area contributed by atoms with Crippen LogP contribution in [0.3, 0.4) is 0 Å². The highest BCUT2D eigenvalue weighted by Gasteiger charge is 2.07. The number of aromatic nitrogens is 1. The Hall–Kier alpha value is -1.98. The molecule has 0 spiro atoms. The summed E-state index contributed by atoms with van der Waals surface area (Å²) in [6.45, 7) is 2.37. The van der Waals surface area contributed by atoms with Gasteiger partial charge in [-0.2, -0.15) is 0 Å². The third-order valence-electron chi connectivity index (χ3n) is 3.32. The molecule has 0 bridgehead atoms. The van der Waals surface area contributed by atoms with Crippen molar-refractivity contribution in [3.05, 3.63) is 52.4 Å². The van der Waals surface area contributed by atoms with E-state index in [1.54, 1.807) is 17.7 Å². The van der Waals surface area contributed by atoms with E-state index in [0.717, 1.165) is 11.4 Å². The summed E-state index contributed by atoms with van der Waals surface area (Å²) in [4.78, 5) is 13.3. The van der Waals surface area contributed by atoms with E-state index in [9.17, 15) is 9.90 Å². The number of aliphatic hydroxyl groups excluding tert-OH is 1. The molecule has 0 aliphatic heterocycles. The summed E-state index contributed by atoms with van der Waals surface area (Å²) in [5.74, 6) is -0.228. The summed E-state index contributed by atoms with van der Waals surface area (Å²) in [7, 11) is 1.90. The lowest BCUT2D eigenvalue weighted by atomic mass is 10.2. The fourth-order valence-electron chi connectivity index (χ4n) is 2.05. The standard InChI is InChI=1S/C15H18N2O3.ClH/c1-11-15(20)14(19)7-8-17(11)13-5-3-12(4-6-13)16(2)9-10-18;/h3-8,18,20H,9-10H2,1-2H3;1H. The summed E-state index contributed by atoms with van der Waals surface area (Å²) in [6.07, 6.45) is 1.64. The second-order valence-electron chi connectivity index (χ2n) is 4.65. The lowest BCUT2D eigenvalue weighted by molar-refractivity contribution is 0.304. The van der Waals surface area contributed by atoms with Crippen LogP contribution < -0.4 is 10.3 Å². The SMILES string of the molecule is Cc1c(O)c(=O)ccn1-c1ccc(N(C)CCO)cc1.Cl. The highest BCUT2D eigenvalue weighted by Crippen LogP contribution is 2.19. The predicted molar refractivity (Wildman–Crippen MR) is 86.0 cm³/mol. The first kappa shape index (κ1) is 17.1. The van der Waals surface area contributed by atoms with Crippen molar-refractivity contribution < 1.29 is 10.2 Å². The van der Waals surface area contributed by atoms with Crippen LogP contribution in [0.5, 0.6) is 5.75 Å². The number of halogens is 1. The van der Waals surface area contributed by atoms with Crippen LogP contribution in [-0.2, 0) is 0 Å². The van der Waals surface area contributed by atoms with Crippen LogP contribution in [0, 0.1) is 6.92 Å². The average Bonchev–Trinajstić information content (AvgIpc) is 2.45. The van der Waals surface area contributed by atoms with Crippen LogP contribution in [-0.4, -0.2) is 35.0 Å². The Bertz CT molecular complexity index is 653. The molecule has 0 aliphatic carbocycles. The molecule has 1 heterocycles. The molecule has 114 valence electrons. The fraction of sp³-hybridized carbons (Fsp3) is 0.267. The van der Waals surface area contributed by atoms with E-state index >= 15 is 0 Å². The average molecular weight is 311 g/mol. The number of anilines is 1. The van der Waals surface area contributed by atoms with Crippen LogP contribution >= 0.6 is 12.4 Å². The number of hydrogen-bond donors (Lipinski definition) is 2. The van der Waals surface area contributed by atoms with Crippen molar-refractivity contribution in [2.24, 2.45) is 0 Å². The molecule has 0 radical (unpaired) electrons. The first-order valence-corrected chi connectivity index (χ1v) is 6.38. The number of likely N-dealkylation sites (N-methyl/N-ethyl adjacent to an activating group) is 1. The molecule has 0 fully saturated rings. The number of hydrogen-bond acceptors (Lipinski definition) is 4. The fourth-order valence-corrected chi connectivity index (χ4v) is 2.05. The Labute approximate surface area is 129 Å². The molecule has 2 aromatic rings. The van der Waals surface area contributed by atoms with Crippen molar-refractivity contribution in [3.8, 4) is 11.4 Å². The van der Waals surface area contributed by atoms with Gasteiger partial charge in [0, 0.05) is 37.2 Å². The summed E-state index contributed by atoms with van der Waals surface area (Å²) < 4.78 is 1.76. The van der Waals surface area contributed by atoms with E-state index in [1.165, 1.54) is 6.07 Å². The molecule has 0 aliphatic rings. The minimum Gasteiger partial charge on any atom is -0.503 e. The maximum atomic E-state index is 11.3. The molecule has 2 N–H and O–H groups in total. The molecule has 0 saturated carbocycles.